The monoisotopic (exact) mass is 498 g/mol. The Hall–Kier alpha value is -1.83. The Morgan fingerprint density at radius 3 is 1.74 bits per heavy atom. The molecule has 1 heterocycles. The molecule has 0 unspecified atom stereocenters. The van der Waals surface area contributed by atoms with Crippen molar-refractivity contribution in [2.75, 3.05) is 0 Å². The highest BCUT2D eigenvalue weighted by molar-refractivity contribution is 7.15. The van der Waals surface area contributed by atoms with Crippen LogP contribution in [-0.4, -0.2) is 0 Å². The highest BCUT2D eigenvalue weighted by atomic mass is 35.5. The number of halogens is 1. The molecular weight excluding hydrogens is 452 g/mol. The fourth-order valence-corrected chi connectivity index (χ4v) is 4.71. The molecule has 0 aliphatic carbocycles. The lowest BCUT2D eigenvalue weighted by atomic mass is 10.00. The van der Waals surface area contributed by atoms with Gasteiger partial charge in [0.1, 0.15) is 0 Å². The van der Waals surface area contributed by atoms with Crippen molar-refractivity contribution in [3.05, 3.63) is 93.3 Å². The molecule has 3 rings (SSSR count). The Kier molecular flexibility index (Phi) is 18.4. The van der Waals surface area contributed by atoms with Crippen LogP contribution < -0.4 is 0 Å². The highest BCUT2D eigenvalue weighted by Crippen LogP contribution is 2.33. The van der Waals surface area contributed by atoms with E-state index in [-0.39, 0.29) is 0 Å². The number of rotatable bonds is 7. The van der Waals surface area contributed by atoms with Gasteiger partial charge in [-0.05, 0) is 74.9 Å². The Morgan fingerprint density at radius 2 is 1.38 bits per heavy atom. The van der Waals surface area contributed by atoms with E-state index >= 15 is 0 Å². The van der Waals surface area contributed by atoms with Crippen LogP contribution in [0.25, 0.3) is 10.4 Å². The molecule has 0 saturated carbocycles. The van der Waals surface area contributed by atoms with Crippen molar-refractivity contribution in [1.82, 2.24) is 0 Å². The topological polar surface area (TPSA) is 0 Å². The van der Waals surface area contributed by atoms with Crippen LogP contribution in [0.5, 0.6) is 0 Å². The molecule has 0 amide bonds. The smallest absolute Gasteiger partial charge is 0.0495 e. The summed E-state index contributed by atoms with van der Waals surface area (Å²) in [7, 11) is 0. The van der Waals surface area contributed by atoms with Crippen LogP contribution in [0.4, 0.5) is 0 Å². The van der Waals surface area contributed by atoms with Gasteiger partial charge in [0.2, 0.25) is 0 Å². The predicted octanol–water partition coefficient (Wildman–Crippen LogP) is 11.7. The molecule has 0 radical (unpaired) electrons. The van der Waals surface area contributed by atoms with E-state index in [1.807, 2.05) is 19.9 Å². The van der Waals surface area contributed by atoms with Gasteiger partial charge in [0.05, 0.1) is 0 Å². The van der Waals surface area contributed by atoms with Crippen molar-refractivity contribution in [2.45, 2.75) is 93.9 Å². The van der Waals surface area contributed by atoms with E-state index in [1.54, 1.807) is 22.5 Å². The summed E-state index contributed by atoms with van der Waals surface area (Å²) >= 11 is 7.96. The summed E-state index contributed by atoms with van der Waals surface area (Å²) in [6.45, 7) is 20.6. The maximum absolute atomic E-state index is 6.18. The average molecular weight is 499 g/mol. The summed E-state index contributed by atoms with van der Waals surface area (Å²) in [6, 6.07) is 19.2. The molecule has 0 saturated heterocycles. The highest BCUT2D eigenvalue weighted by Gasteiger charge is 2.05. The molecule has 2 heteroatoms. The Balaban J connectivity index is 0.000000497. The van der Waals surface area contributed by atoms with E-state index in [1.165, 1.54) is 59.4 Å². The second-order valence-electron chi connectivity index (χ2n) is 8.37. The summed E-state index contributed by atoms with van der Waals surface area (Å²) < 4.78 is 0. The number of hydrogen-bond donors (Lipinski definition) is 0. The SMILES string of the molecule is C=C(C)CCC.CC.CCCc1ccccc1CCC.Cc1ccc(-c2ccc(C)s2)c(Cl)c1. The van der Waals surface area contributed by atoms with Crippen molar-refractivity contribution in [2.24, 2.45) is 0 Å². The lowest BCUT2D eigenvalue weighted by Gasteiger charge is -2.06. The molecule has 0 atom stereocenters. The zero-order valence-electron chi connectivity index (χ0n) is 22.9. The lowest BCUT2D eigenvalue weighted by Crippen LogP contribution is -1.92. The van der Waals surface area contributed by atoms with Crippen molar-refractivity contribution in [3.63, 3.8) is 0 Å². The first-order valence-electron chi connectivity index (χ1n) is 12.9. The van der Waals surface area contributed by atoms with Crippen molar-refractivity contribution in [1.29, 1.82) is 0 Å². The van der Waals surface area contributed by atoms with E-state index in [0.29, 0.717) is 0 Å². The molecule has 1 aromatic heterocycles. The number of thiophene rings is 1. The number of aryl methyl sites for hydroxylation is 4. The molecule has 0 nitrogen and oxygen atoms in total. The first-order valence-corrected chi connectivity index (χ1v) is 14.1. The van der Waals surface area contributed by atoms with Gasteiger partial charge in [0.15, 0.2) is 0 Å². The molecule has 3 aromatic rings. The van der Waals surface area contributed by atoms with Crippen molar-refractivity contribution < 1.29 is 0 Å². The quantitative estimate of drug-likeness (QED) is 0.284. The predicted molar refractivity (Wildman–Crippen MR) is 160 cm³/mol. The molecule has 0 N–H and O–H groups in total. The van der Waals surface area contributed by atoms with E-state index in [2.05, 4.69) is 96.7 Å². The third-order valence-corrected chi connectivity index (χ3v) is 6.31. The van der Waals surface area contributed by atoms with Crippen molar-refractivity contribution >= 4 is 22.9 Å². The zero-order valence-corrected chi connectivity index (χ0v) is 24.5. The molecule has 2 aromatic carbocycles. The van der Waals surface area contributed by atoms with Crippen LogP contribution in [0.1, 0.15) is 88.8 Å². The number of allylic oxidation sites excluding steroid dienone is 1. The molecule has 0 spiro atoms. The number of hydrogen-bond acceptors (Lipinski definition) is 1. The van der Waals surface area contributed by atoms with Gasteiger partial charge in [-0.15, -0.1) is 17.9 Å². The van der Waals surface area contributed by atoms with Gasteiger partial charge in [-0.1, -0.05) is 107 Å². The minimum Gasteiger partial charge on any atom is -0.141 e. The summed E-state index contributed by atoms with van der Waals surface area (Å²) in [4.78, 5) is 2.56. The number of benzene rings is 2. The minimum atomic E-state index is 0.840. The summed E-state index contributed by atoms with van der Waals surface area (Å²) in [5, 5.41) is 0.840. The Bertz CT molecular complexity index is 911. The van der Waals surface area contributed by atoms with Gasteiger partial charge >= 0.3 is 0 Å². The maximum Gasteiger partial charge on any atom is 0.0495 e. The van der Waals surface area contributed by atoms with E-state index in [9.17, 15) is 0 Å². The summed E-state index contributed by atoms with van der Waals surface area (Å²) in [5.41, 5.74) is 6.71. The fourth-order valence-electron chi connectivity index (χ4n) is 3.41. The first-order chi connectivity index (χ1) is 16.3. The van der Waals surface area contributed by atoms with Gasteiger partial charge < -0.3 is 0 Å². The van der Waals surface area contributed by atoms with Crippen LogP contribution in [0.15, 0.2) is 66.7 Å². The van der Waals surface area contributed by atoms with Gasteiger partial charge in [-0.2, -0.15) is 0 Å². The van der Waals surface area contributed by atoms with Gasteiger partial charge in [-0.25, -0.2) is 0 Å². The standard InChI is InChI=1S/C12H11ClS.C12H18.C6H12.C2H6/c1-8-3-5-10(11(13)7-8)12-6-4-9(2)14-12;1-3-7-11-9-5-6-10-12(11)8-4-2;1-4-5-6(2)3;1-2/h3-7H,1-2H3;5-6,9-10H,3-4,7-8H2,1-2H3;2,4-5H2,1,3H3;1-2H3. The molecule has 188 valence electrons. The zero-order chi connectivity index (χ0) is 25.9. The van der Waals surface area contributed by atoms with Gasteiger partial charge in [0.25, 0.3) is 0 Å². The fraction of sp³-hybridized carbons (Fsp3) is 0.438. The summed E-state index contributed by atoms with van der Waals surface area (Å²) in [6.07, 6.45) is 7.38. The molecule has 0 fully saturated rings. The van der Waals surface area contributed by atoms with Gasteiger partial charge in [-0.3, -0.25) is 0 Å². The van der Waals surface area contributed by atoms with E-state index < -0.39 is 0 Å². The molecule has 0 aliphatic rings. The van der Waals surface area contributed by atoms with Crippen LogP contribution in [0.2, 0.25) is 5.02 Å². The minimum absolute atomic E-state index is 0.840. The van der Waals surface area contributed by atoms with Gasteiger partial charge in [0, 0.05) is 20.3 Å². The normalized spacial score (nSPS) is 9.56. The van der Waals surface area contributed by atoms with E-state index in [4.69, 9.17) is 11.6 Å². The third kappa shape index (κ3) is 13.2. The average Bonchev–Trinajstić information content (AvgIpc) is 3.23. The largest absolute Gasteiger partial charge is 0.141 e. The van der Waals surface area contributed by atoms with Crippen LogP contribution in [-0.2, 0) is 12.8 Å². The Morgan fingerprint density at radius 1 is 0.824 bits per heavy atom. The lowest BCUT2D eigenvalue weighted by molar-refractivity contribution is 0.861. The van der Waals surface area contributed by atoms with Crippen LogP contribution in [0, 0.1) is 13.8 Å². The Labute approximate surface area is 220 Å². The first kappa shape index (κ1) is 32.2. The summed E-state index contributed by atoms with van der Waals surface area (Å²) in [5.74, 6) is 0. The van der Waals surface area contributed by atoms with Crippen LogP contribution in [0.3, 0.4) is 0 Å². The molecule has 34 heavy (non-hydrogen) atoms. The van der Waals surface area contributed by atoms with Crippen molar-refractivity contribution in [3.8, 4) is 10.4 Å². The second kappa shape index (κ2) is 19.5. The molecule has 0 bridgehead atoms. The maximum atomic E-state index is 6.18. The molecular formula is C32H47ClS. The van der Waals surface area contributed by atoms with Crippen LogP contribution >= 0.6 is 22.9 Å². The van der Waals surface area contributed by atoms with E-state index in [0.717, 1.165) is 10.6 Å². The molecule has 0 aliphatic heterocycles. The second-order valence-corrected chi connectivity index (χ2v) is 10.1. The third-order valence-electron chi connectivity index (χ3n) is 4.96.